The molecule has 6 heterocycles. The van der Waals surface area contributed by atoms with Gasteiger partial charge in [-0.15, -0.1) is 0 Å². The zero-order chi connectivity index (χ0) is 25.4. The first-order valence-electron chi connectivity index (χ1n) is 12.3. The minimum absolute atomic E-state index is 0.160. The molecular formula is C25H27N7O4S. The molecule has 0 aliphatic carbocycles. The number of hydrogen-bond donors (Lipinski definition) is 2. The fraction of sp³-hybridized carbons (Fsp3) is 0.400. The van der Waals surface area contributed by atoms with Gasteiger partial charge in [0.2, 0.25) is 5.89 Å². The van der Waals surface area contributed by atoms with E-state index in [2.05, 4.69) is 20.2 Å². The molecule has 4 aromatic rings. The summed E-state index contributed by atoms with van der Waals surface area (Å²) in [4.78, 5) is 35.6. The number of pyridine rings is 2. The second-order valence-corrected chi connectivity index (χ2v) is 10.2. The second-order valence-electron chi connectivity index (χ2n) is 9.20. The summed E-state index contributed by atoms with van der Waals surface area (Å²) in [5.74, 6) is 0.534. The van der Waals surface area contributed by atoms with Gasteiger partial charge in [0.25, 0.3) is 5.91 Å². The number of aliphatic hydroxyl groups excluding tert-OH is 1. The van der Waals surface area contributed by atoms with Crippen LogP contribution in [0.5, 0.6) is 0 Å². The molecule has 12 heteroatoms. The Bertz CT molecular complexity index is 1430. The van der Waals surface area contributed by atoms with E-state index in [0.29, 0.717) is 42.8 Å². The summed E-state index contributed by atoms with van der Waals surface area (Å²) in [6, 6.07) is 5.54. The summed E-state index contributed by atoms with van der Waals surface area (Å²) in [5.41, 5.74) is 2.91. The van der Waals surface area contributed by atoms with Gasteiger partial charge in [0.05, 0.1) is 29.7 Å². The summed E-state index contributed by atoms with van der Waals surface area (Å²) in [7, 11) is 0. The third-order valence-electron chi connectivity index (χ3n) is 6.46. The van der Waals surface area contributed by atoms with Crippen LogP contribution in [0, 0.1) is 6.92 Å². The summed E-state index contributed by atoms with van der Waals surface area (Å²) in [5, 5.41) is 14.2. The maximum atomic E-state index is 13.2. The van der Waals surface area contributed by atoms with Gasteiger partial charge >= 0.3 is 0 Å². The summed E-state index contributed by atoms with van der Waals surface area (Å²) in [6.07, 6.45) is 4.15. The molecule has 11 nitrogen and oxygen atoms in total. The average molecular weight is 522 g/mol. The number of nitrogens with zero attached hydrogens (tertiary/aromatic N) is 6. The molecule has 0 radical (unpaired) electrons. The van der Waals surface area contributed by atoms with Crippen LogP contribution < -0.4 is 15.1 Å². The normalized spacial score (nSPS) is 18.4. The van der Waals surface area contributed by atoms with Gasteiger partial charge in [-0.25, -0.2) is 9.97 Å². The molecule has 0 bridgehead atoms. The van der Waals surface area contributed by atoms with E-state index < -0.39 is 12.0 Å². The summed E-state index contributed by atoms with van der Waals surface area (Å²) < 4.78 is 11.9. The number of aryl methyl sites for hydroxylation is 1. The predicted molar refractivity (Wildman–Crippen MR) is 140 cm³/mol. The highest BCUT2D eigenvalue weighted by atomic mass is 32.1. The zero-order valence-corrected chi connectivity index (χ0v) is 21.2. The molecule has 2 saturated heterocycles. The van der Waals surface area contributed by atoms with Crippen LogP contribution in [0.1, 0.15) is 29.0 Å². The van der Waals surface area contributed by atoms with Crippen LogP contribution in [0.25, 0.3) is 21.8 Å². The van der Waals surface area contributed by atoms with E-state index in [-0.39, 0.29) is 5.69 Å². The van der Waals surface area contributed by atoms with E-state index in [1.54, 1.807) is 12.3 Å². The van der Waals surface area contributed by atoms with Crippen molar-refractivity contribution in [1.82, 2.24) is 19.9 Å². The number of oxazole rings is 1. The molecule has 0 aromatic carbocycles. The maximum absolute atomic E-state index is 13.2. The van der Waals surface area contributed by atoms with Gasteiger partial charge in [-0.3, -0.25) is 9.78 Å². The topological polar surface area (TPSA) is 130 Å². The lowest BCUT2D eigenvalue weighted by Gasteiger charge is -2.32. The molecule has 2 fully saturated rings. The highest BCUT2D eigenvalue weighted by molar-refractivity contribution is 7.22. The molecular weight excluding hydrogens is 494 g/mol. The molecule has 0 spiro atoms. The highest BCUT2D eigenvalue weighted by Crippen LogP contribution is 2.36. The molecule has 2 aliphatic rings. The minimum atomic E-state index is -0.448. The third-order valence-corrected chi connectivity index (χ3v) is 7.51. The van der Waals surface area contributed by atoms with Crippen molar-refractivity contribution in [3.8, 4) is 11.5 Å². The number of β-amino-alcohol motifs (C(OH)–C–C–N with tert-alkyl or cyclic N) is 1. The van der Waals surface area contributed by atoms with Crippen molar-refractivity contribution >= 4 is 44.2 Å². The van der Waals surface area contributed by atoms with Crippen LogP contribution in [0.3, 0.4) is 0 Å². The Balaban J connectivity index is 1.32. The number of anilines is 3. The number of piperidine rings is 1. The monoisotopic (exact) mass is 521 g/mol. The number of morpholine rings is 1. The van der Waals surface area contributed by atoms with Crippen LogP contribution >= 0.6 is 11.3 Å². The Morgan fingerprint density at radius 1 is 1.16 bits per heavy atom. The first-order valence-corrected chi connectivity index (χ1v) is 13.1. The Morgan fingerprint density at radius 2 is 2.03 bits per heavy atom. The number of amides is 1. The van der Waals surface area contributed by atoms with Gasteiger partial charge in [0.15, 0.2) is 22.3 Å². The van der Waals surface area contributed by atoms with Gasteiger partial charge in [0.1, 0.15) is 6.26 Å². The zero-order valence-electron chi connectivity index (χ0n) is 20.4. The number of ether oxygens (including phenoxy) is 1. The standard InChI is InChI=1S/C25H27N7O4S/c1-15-11-16(4-5-26-15)24-28-19(14-36-24)23(34)27-18-12-20-21(29-22(18)32-6-2-3-17(33)13-32)30-25(37-20)31-7-9-35-10-8-31/h4-5,11-12,14,17,33H,2-3,6-10,13H2,1H3,(H,27,34). The van der Waals surface area contributed by atoms with Crippen molar-refractivity contribution in [3.63, 3.8) is 0 Å². The van der Waals surface area contributed by atoms with Gasteiger partial charge in [-0.2, -0.15) is 4.98 Å². The molecule has 0 saturated carbocycles. The van der Waals surface area contributed by atoms with Crippen LogP contribution in [0.4, 0.5) is 16.6 Å². The number of nitrogens with one attached hydrogen (secondary N) is 1. The second kappa shape index (κ2) is 10.0. The molecule has 1 unspecified atom stereocenters. The van der Waals surface area contributed by atoms with Gasteiger partial charge < -0.3 is 29.4 Å². The van der Waals surface area contributed by atoms with Crippen molar-refractivity contribution in [3.05, 3.63) is 42.0 Å². The van der Waals surface area contributed by atoms with Crippen LogP contribution in [-0.4, -0.2) is 76.4 Å². The summed E-state index contributed by atoms with van der Waals surface area (Å²) in [6.45, 7) is 5.94. The third kappa shape index (κ3) is 4.99. The minimum Gasteiger partial charge on any atom is -0.444 e. The predicted octanol–water partition coefficient (Wildman–Crippen LogP) is 3.10. The van der Waals surface area contributed by atoms with Gasteiger partial charge in [0, 0.05) is 43.6 Å². The number of hydrogen-bond acceptors (Lipinski definition) is 11. The lowest BCUT2D eigenvalue weighted by molar-refractivity contribution is 0.102. The van der Waals surface area contributed by atoms with E-state index >= 15 is 0 Å². The Hall–Kier alpha value is -3.61. The van der Waals surface area contributed by atoms with Crippen LogP contribution in [0.15, 0.2) is 35.1 Å². The molecule has 1 atom stereocenters. The number of thiazole rings is 1. The van der Waals surface area contributed by atoms with Gasteiger partial charge in [-0.1, -0.05) is 11.3 Å². The summed E-state index contributed by atoms with van der Waals surface area (Å²) >= 11 is 1.54. The van der Waals surface area contributed by atoms with Crippen molar-refractivity contribution in [2.75, 3.05) is 54.5 Å². The molecule has 1 amide bonds. The van der Waals surface area contributed by atoms with E-state index in [1.165, 1.54) is 17.6 Å². The number of aliphatic hydroxyl groups is 1. The van der Waals surface area contributed by atoms with Crippen LogP contribution in [-0.2, 0) is 4.74 Å². The number of rotatable bonds is 5. The average Bonchev–Trinajstić information content (AvgIpc) is 3.56. The van der Waals surface area contributed by atoms with E-state index in [0.717, 1.165) is 53.6 Å². The molecule has 2 N–H and O–H groups in total. The Kier molecular flexibility index (Phi) is 6.45. The van der Waals surface area contributed by atoms with E-state index in [9.17, 15) is 9.90 Å². The first-order chi connectivity index (χ1) is 18.0. The molecule has 6 rings (SSSR count). The van der Waals surface area contributed by atoms with Crippen LogP contribution in [0.2, 0.25) is 0 Å². The molecule has 192 valence electrons. The van der Waals surface area contributed by atoms with Gasteiger partial charge in [-0.05, 0) is 38.0 Å². The molecule has 4 aromatic heterocycles. The smallest absolute Gasteiger partial charge is 0.277 e. The number of carbonyl (C=O) groups is 1. The highest BCUT2D eigenvalue weighted by Gasteiger charge is 2.25. The quantitative estimate of drug-likeness (QED) is 0.404. The lowest BCUT2D eigenvalue weighted by atomic mass is 10.1. The Morgan fingerprint density at radius 3 is 2.84 bits per heavy atom. The fourth-order valence-corrected chi connectivity index (χ4v) is 5.59. The number of carbonyl (C=O) groups excluding carboxylic acids is 1. The Labute approximate surface area is 217 Å². The first kappa shape index (κ1) is 23.8. The lowest BCUT2D eigenvalue weighted by Crippen LogP contribution is -2.39. The van der Waals surface area contributed by atoms with Crippen molar-refractivity contribution in [1.29, 1.82) is 0 Å². The molecule has 37 heavy (non-hydrogen) atoms. The van der Waals surface area contributed by atoms with E-state index in [1.807, 2.05) is 24.0 Å². The molecule has 2 aliphatic heterocycles. The van der Waals surface area contributed by atoms with E-state index in [4.69, 9.17) is 19.1 Å². The largest absolute Gasteiger partial charge is 0.444 e. The SMILES string of the molecule is Cc1cc(-c2nc(C(=O)Nc3cc4sc(N5CCOCC5)nc4nc3N3CCCC(O)C3)co2)ccn1. The maximum Gasteiger partial charge on any atom is 0.277 e. The number of aromatic nitrogens is 4. The van der Waals surface area contributed by atoms with Crippen molar-refractivity contribution < 1.29 is 19.1 Å². The van der Waals surface area contributed by atoms with Crippen molar-refractivity contribution in [2.24, 2.45) is 0 Å². The number of fused-ring (bicyclic) bond motifs is 1. The fourth-order valence-electron chi connectivity index (χ4n) is 4.59. The van der Waals surface area contributed by atoms with Crippen molar-refractivity contribution in [2.45, 2.75) is 25.9 Å².